The van der Waals surface area contributed by atoms with Crippen molar-refractivity contribution in [2.24, 2.45) is 0 Å². The van der Waals surface area contributed by atoms with Gasteiger partial charge in [0.05, 0.1) is 18.1 Å². The number of anilines is 1. The summed E-state index contributed by atoms with van der Waals surface area (Å²) >= 11 is 6.39. The molecule has 0 spiro atoms. The van der Waals surface area contributed by atoms with E-state index in [4.69, 9.17) is 21.4 Å². The minimum absolute atomic E-state index is 0.0473. The highest BCUT2D eigenvalue weighted by Crippen LogP contribution is 2.46. The molecular weight excluding hydrogens is 497 g/mol. The van der Waals surface area contributed by atoms with Crippen molar-refractivity contribution in [3.05, 3.63) is 88.5 Å². The molecule has 1 saturated heterocycles. The number of rotatable bonds is 5. The van der Waals surface area contributed by atoms with E-state index in [1.165, 1.54) is 18.2 Å². The Bertz CT molecular complexity index is 1310. The van der Waals surface area contributed by atoms with Gasteiger partial charge in [-0.1, -0.05) is 23.7 Å². The smallest absolute Gasteiger partial charge is 0.449 e. The van der Waals surface area contributed by atoms with Gasteiger partial charge < -0.3 is 14.7 Å². The first-order valence-corrected chi connectivity index (χ1v) is 12.7. The van der Waals surface area contributed by atoms with Gasteiger partial charge in [0.15, 0.2) is 0 Å². The third-order valence-electron chi connectivity index (χ3n) is 7.88. The number of hydrogen-bond donors (Lipinski definition) is 1. The van der Waals surface area contributed by atoms with Crippen molar-refractivity contribution in [2.45, 2.75) is 37.8 Å². The maximum atomic E-state index is 15.1. The van der Waals surface area contributed by atoms with E-state index < -0.39 is 12.0 Å². The monoisotopic (exact) mass is 524 g/mol. The molecule has 7 nitrogen and oxygen atoms in total. The topological polar surface area (TPSA) is 79.7 Å². The molecule has 0 saturated carbocycles. The van der Waals surface area contributed by atoms with Crippen LogP contribution in [-0.4, -0.2) is 52.8 Å². The molecule has 37 heavy (non-hydrogen) atoms. The fourth-order valence-electron chi connectivity index (χ4n) is 6.00. The molecule has 192 valence electrons. The van der Waals surface area contributed by atoms with Gasteiger partial charge >= 0.3 is 12.1 Å². The maximum Gasteiger partial charge on any atom is 0.511 e. The van der Waals surface area contributed by atoms with E-state index in [9.17, 15) is 9.59 Å². The van der Waals surface area contributed by atoms with E-state index in [1.807, 2.05) is 25.2 Å². The molecule has 1 aliphatic heterocycles. The number of halogens is 2. The third-order valence-corrected chi connectivity index (χ3v) is 8.20. The molecule has 0 radical (unpaired) electrons. The largest absolute Gasteiger partial charge is 0.511 e. The summed E-state index contributed by atoms with van der Waals surface area (Å²) in [6, 6.07) is 13.0. The van der Waals surface area contributed by atoms with Crippen molar-refractivity contribution in [3.8, 4) is 5.75 Å². The van der Waals surface area contributed by atoms with Gasteiger partial charge in [0, 0.05) is 56.0 Å². The molecule has 5 rings (SSSR count). The van der Waals surface area contributed by atoms with E-state index in [-0.39, 0.29) is 38.8 Å². The molecule has 2 atom stereocenters. The Labute approximate surface area is 219 Å². The van der Waals surface area contributed by atoms with E-state index in [0.717, 1.165) is 36.3 Å². The summed E-state index contributed by atoms with van der Waals surface area (Å²) in [5, 5.41) is 9.20. The number of carbonyl (C=O) groups excluding carboxylic acids is 1. The van der Waals surface area contributed by atoms with Crippen molar-refractivity contribution >= 4 is 29.4 Å². The zero-order valence-corrected chi connectivity index (χ0v) is 21.2. The lowest BCUT2D eigenvalue weighted by Gasteiger charge is -2.47. The van der Waals surface area contributed by atoms with Crippen LogP contribution in [0.3, 0.4) is 0 Å². The van der Waals surface area contributed by atoms with Crippen LogP contribution in [0.4, 0.5) is 14.9 Å². The SMILES string of the molecule is C[N+](C(=O)c1c(F)cccc1Cl)(C1CCN(c2ccncc2)CC1)[C@@H]1CCc2ccc(OC(=O)O)cc21. The van der Waals surface area contributed by atoms with Crippen molar-refractivity contribution in [1.29, 1.82) is 0 Å². The summed E-state index contributed by atoms with van der Waals surface area (Å²) in [5.41, 5.74) is 2.87. The molecule has 1 N–H and O–H groups in total. The fourth-order valence-corrected chi connectivity index (χ4v) is 6.24. The van der Waals surface area contributed by atoms with Gasteiger partial charge in [0.2, 0.25) is 0 Å². The Morgan fingerprint density at radius 3 is 2.51 bits per heavy atom. The minimum Gasteiger partial charge on any atom is -0.449 e. The van der Waals surface area contributed by atoms with E-state index >= 15 is 4.39 Å². The van der Waals surface area contributed by atoms with E-state index in [0.29, 0.717) is 19.3 Å². The van der Waals surface area contributed by atoms with Gasteiger partial charge in [-0.25, -0.2) is 18.5 Å². The number of hydrogen-bond acceptors (Lipinski definition) is 5. The molecular formula is C28H28ClFN3O4+. The number of aromatic nitrogens is 1. The van der Waals surface area contributed by atoms with Crippen LogP contribution in [0.1, 0.15) is 46.8 Å². The molecule has 9 heteroatoms. The molecule has 1 unspecified atom stereocenters. The predicted molar refractivity (Wildman–Crippen MR) is 138 cm³/mol. The van der Waals surface area contributed by atoms with Crippen molar-refractivity contribution in [3.63, 3.8) is 0 Å². The first-order valence-electron chi connectivity index (χ1n) is 12.3. The molecule has 2 aromatic carbocycles. The Kier molecular flexibility index (Phi) is 6.88. The highest BCUT2D eigenvalue weighted by molar-refractivity contribution is 6.33. The summed E-state index contributed by atoms with van der Waals surface area (Å²) < 4.78 is 19.9. The number of nitrogens with zero attached hydrogens (tertiary/aromatic N) is 3. The van der Waals surface area contributed by atoms with Crippen LogP contribution in [-0.2, 0) is 6.42 Å². The molecule has 1 fully saturated rings. The fraction of sp³-hybridized carbons (Fsp3) is 0.321. The number of benzene rings is 2. The zero-order chi connectivity index (χ0) is 26.2. The van der Waals surface area contributed by atoms with Gasteiger partial charge in [-0.15, -0.1) is 0 Å². The molecule has 1 aliphatic carbocycles. The lowest BCUT2D eigenvalue weighted by molar-refractivity contribution is -0.887. The lowest BCUT2D eigenvalue weighted by atomic mass is 9.93. The van der Waals surface area contributed by atoms with Gasteiger partial charge in [-0.05, 0) is 48.4 Å². The number of amides is 1. The van der Waals surface area contributed by atoms with Crippen LogP contribution in [0, 0.1) is 5.82 Å². The molecule has 2 heterocycles. The summed E-state index contributed by atoms with van der Waals surface area (Å²) in [7, 11) is 1.88. The highest BCUT2D eigenvalue weighted by Gasteiger charge is 2.51. The average Bonchev–Trinajstić information content (AvgIpc) is 3.32. The Morgan fingerprint density at radius 2 is 1.84 bits per heavy atom. The molecule has 1 aromatic heterocycles. The summed E-state index contributed by atoms with van der Waals surface area (Å²) in [6.07, 6.45) is 4.96. The van der Waals surface area contributed by atoms with E-state index in [2.05, 4.69) is 9.88 Å². The molecule has 1 amide bonds. The quantitative estimate of drug-likeness (QED) is 0.255. The highest BCUT2D eigenvalue weighted by atomic mass is 35.5. The average molecular weight is 525 g/mol. The standard InChI is InChI=1S/C28H27ClFN3O4/c1-33(27(34)26-23(29)3-2-4-24(26)30,20-11-15-32(16-12-20)19-9-13-31-14-10-19)25-8-6-18-5-7-21(17-22(18)25)37-28(35)36/h2-5,7,9-10,13-14,17,20,25H,6,8,11-12,15-16H2,1H3/p+1/t25-,33?/m1/s1. The van der Waals surface area contributed by atoms with Gasteiger partial charge in [-0.3, -0.25) is 4.98 Å². The van der Waals surface area contributed by atoms with Crippen LogP contribution in [0.2, 0.25) is 5.02 Å². The number of fused-ring (bicyclic) bond motifs is 1. The molecule has 3 aromatic rings. The van der Waals surface area contributed by atoms with Gasteiger partial charge in [-0.2, -0.15) is 0 Å². The maximum absolute atomic E-state index is 15.1. The second kappa shape index (κ2) is 10.1. The van der Waals surface area contributed by atoms with Crippen molar-refractivity contribution in [2.75, 3.05) is 25.0 Å². The second-order valence-electron chi connectivity index (χ2n) is 9.76. The number of carbonyl (C=O) groups is 2. The van der Waals surface area contributed by atoms with Crippen molar-refractivity contribution in [1.82, 2.24) is 4.98 Å². The number of ether oxygens (including phenoxy) is 1. The summed E-state index contributed by atoms with van der Waals surface area (Å²) in [5.74, 6) is -0.807. The first-order chi connectivity index (χ1) is 17.8. The molecule has 0 bridgehead atoms. The Balaban J connectivity index is 1.54. The first kappa shape index (κ1) is 25.2. The van der Waals surface area contributed by atoms with E-state index in [1.54, 1.807) is 24.5 Å². The van der Waals surface area contributed by atoms with Gasteiger partial charge in [0.25, 0.3) is 0 Å². The van der Waals surface area contributed by atoms with Crippen molar-refractivity contribution < 1.29 is 28.3 Å². The number of quaternary nitrogens is 1. The lowest BCUT2D eigenvalue weighted by Crippen LogP contribution is -2.61. The Morgan fingerprint density at radius 1 is 1.11 bits per heavy atom. The third kappa shape index (κ3) is 4.67. The summed E-state index contributed by atoms with van der Waals surface area (Å²) in [4.78, 5) is 31.8. The predicted octanol–water partition coefficient (Wildman–Crippen LogP) is 5.87. The minimum atomic E-state index is -1.40. The number of pyridine rings is 1. The normalized spacial score (nSPS) is 19.2. The number of piperidine rings is 1. The summed E-state index contributed by atoms with van der Waals surface area (Å²) in [6.45, 7) is 1.48. The molecule has 2 aliphatic rings. The van der Waals surface area contributed by atoms with Crippen LogP contribution < -0.4 is 9.64 Å². The Hall–Kier alpha value is -3.49. The van der Waals surface area contributed by atoms with Crippen LogP contribution in [0.5, 0.6) is 5.75 Å². The zero-order valence-electron chi connectivity index (χ0n) is 20.4. The van der Waals surface area contributed by atoms with Crippen LogP contribution in [0.15, 0.2) is 60.9 Å². The number of carboxylic acid groups (broad SMARTS) is 1. The van der Waals surface area contributed by atoms with Crippen LogP contribution >= 0.6 is 11.6 Å². The number of aryl methyl sites for hydroxylation is 1. The second-order valence-corrected chi connectivity index (χ2v) is 10.2. The van der Waals surface area contributed by atoms with Crippen LogP contribution in [0.25, 0.3) is 0 Å². The van der Waals surface area contributed by atoms with Gasteiger partial charge in [0.1, 0.15) is 23.2 Å².